The molecule has 1 aromatic rings. The molecule has 0 radical (unpaired) electrons. The van der Waals surface area contributed by atoms with Gasteiger partial charge in [0.15, 0.2) is 0 Å². The fourth-order valence-corrected chi connectivity index (χ4v) is 1.72. The number of rotatable bonds is 6. The number of hydrogen-bond acceptors (Lipinski definition) is 2. The highest BCUT2D eigenvalue weighted by atomic mass is 16.2. The van der Waals surface area contributed by atoms with E-state index in [1.165, 1.54) is 5.56 Å². The fourth-order valence-electron chi connectivity index (χ4n) is 1.72. The van der Waals surface area contributed by atoms with E-state index in [0.717, 1.165) is 25.2 Å². The lowest BCUT2D eigenvalue weighted by atomic mass is 10.1. The first kappa shape index (κ1) is 13.7. The normalized spacial score (nSPS) is 10.6. The molecule has 0 heterocycles. The number of hydrogen-bond donors (Lipinski definition) is 1. The van der Waals surface area contributed by atoms with Gasteiger partial charge >= 0.3 is 0 Å². The lowest BCUT2D eigenvalue weighted by Gasteiger charge is -2.17. The van der Waals surface area contributed by atoms with Crippen LogP contribution in [-0.2, 0) is 11.2 Å². The summed E-state index contributed by atoms with van der Waals surface area (Å²) in [7, 11) is 0. The van der Waals surface area contributed by atoms with Gasteiger partial charge in [-0.25, -0.2) is 0 Å². The molecular weight excluding hydrogens is 212 g/mol. The van der Waals surface area contributed by atoms with E-state index >= 15 is 0 Å². The summed E-state index contributed by atoms with van der Waals surface area (Å²) in [6.07, 6.45) is 0.986. The Morgan fingerprint density at radius 1 is 1.24 bits per heavy atom. The van der Waals surface area contributed by atoms with Gasteiger partial charge in [-0.3, -0.25) is 9.69 Å². The van der Waals surface area contributed by atoms with Gasteiger partial charge in [-0.15, -0.1) is 0 Å². The third-order valence-electron chi connectivity index (χ3n) is 2.88. The van der Waals surface area contributed by atoms with Crippen molar-refractivity contribution < 1.29 is 4.79 Å². The van der Waals surface area contributed by atoms with E-state index in [9.17, 15) is 4.79 Å². The van der Waals surface area contributed by atoms with Gasteiger partial charge < -0.3 is 5.32 Å². The monoisotopic (exact) mass is 234 g/mol. The Kier molecular flexibility index (Phi) is 5.70. The lowest BCUT2D eigenvalue weighted by molar-refractivity contribution is -0.117. The van der Waals surface area contributed by atoms with E-state index in [-0.39, 0.29) is 5.91 Å². The van der Waals surface area contributed by atoms with Gasteiger partial charge in [-0.1, -0.05) is 32.9 Å². The summed E-state index contributed by atoms with van der Waals surface area (Å²) < 4.78 is 0. The minimum atomic E-state index is 0.0574. The smallest absolute Gasteiger partial charge is 0.238 e. The van der Waals surface area contributed by atoms with Gasteiger partial charge in [0, 0.05) is 5.69 Å². The molecule has 3 nitrogen and oxygen atoms in total. The summed E-state index contributed by atoms with van der Waals surface area (Å²) in [5, 5.41) is 2.94. The first-order chi connectivity index (χ1) is 8.19. The second-order valence-electron chi connectivity index (χ2n) is 4.06. The van der Waals surface area contributed by atoms with Gasteiger partial charge in [-0.2, -0.15) is 0 Å². The zero-order valence-corrected chi connectivity index (χ0v) is 11.0. The molecule has 0 atom stereocenters. The fraction of sp³-hybridized carbons (Fsp3) is 0.500. The molecule has 0 spiro atoms. The van der Waals surface area contributed by atoms with Crippen LogP contribution in [0.15, 0.2) is 24.3 Å². The van der Waals surface area contributed by atoms with Crippen molar-refractivity contribution in [3.63, 3.8) is 0 Å². The van der Waals surface area contributed by atoms with Crippen molar-refractivity contribution in [3.8, 4) is 0 Å². The number of likely N-dealkylation sites (N-methyl/N-ethyl adjacent to an activating group) is 1. The summed E-state index contributed by atoms with van der Waals surface area (Å²) in [4.78, 5) is 13.9. The maximum atomic E-state index is 11.8. The molecule has 94 valence electrons. The van der Waals surface area contributed by atoms with Crippen LogP contribution in [0.4, 0.5) is 5.69 Å². The maximum absolute atomic E-state index is 11.8. The van der Waals surface area contributed by atoms with Crippen molar-refractivity contribution in [2.75, 3.05) is 25.0 Å². The number of carbonyl (C=O) groups is 1. The van der Waals surface area contributed by atoms with Crippen molar-refractivity contribution >= 4 is 11.6 Å². The molecule has 0 aliphatic rings. The highest BCUT2D eigenvalue weighted by molar-refractivity contribution is 5.92. The molecule has 0 bridgehead atoms. The number of benzene rings is 1. The quantitative estimate of drug-likeness (QED) is 0.820. The molecule has 0 aliphatic heterocycles. The largest absolute Gasteiger partial charge is 0.325 e. The van der Waals surface area contributed by atoms with E-state index in [1.54, 1.807) is 0 Å². The molecule has 17 heavy (non-hydrogen) atoms. The molecule has 1 aromatic carbocycles. The van der Waals surface area contributed by atoms with Crippen molar-refractivity contribution in [3.05, 3.63) is 29.8 Å². The molecule has 3 heteroatoms. The molecule has 0 unspecified atom stereocenters. The Hall–Kier alpha value is -1.35. The molecule has 1 N–H and O–H groups in total. The summed E-state index contributed by atoms with van der Waals surface area (Å²) in [5.74, 6) is 0.0574. The Labute approximate surface area is 104 Å². The molecule has 0 aromatic heterocycles. The summed E-state index contributed by atoms with van der Waals surface area (Å²) in [6.45, 7) is 8.50. The average molecular weight is 234 g/mol. The molecule has 1 amide bonds. The lowest BCUT2D eigenvalue weighted by Crippen LogP contribution is -2.32. The third kappa shape index (κ3) is 4.57. The predicted molar refractivity (Wildman–Crippen MR) is 72.2 cm³/mol. The second kappa shape index (κ2) is 7.07. The molecule has 0 fully saturated rings. The minimum Gasteiger partial charge on any atom is -0.325 e. The first-order valence-electron chi connectivity index (χ1n) is 6.30. The summed E-state index contributed by atoms with van der Waals surface area (Å²) in [6, 6.07) is 8.01. The molecule has 0 aliphatic carbocycles. The molecule has 1 rings (SSSR count). The van der Waals surface area contributed by atoms with Gasteiger partial charge in [0.05, 0.1) is 6.54 Å². The Balaban J connectivity index is 2.55. The number of carbonyl (C=O) groups excluding carboxylic acids is 1. The van der Waals surface area contributed by atoms with Gasteiger partial charge in [-0.05, 0) is 37.2 Å². The van der Waals surface area contributed by atoms with E-state index in [1.807, 2.05) is 18.2 Å². The van der Waals surface area contributed by atoms with Crippen LogP contribution in [0, 0.1) is 0 Å². The summed E-state index contributed by atoms with van der Waals surface area (Å²) in [5.41, 5.74) is 2.13. The van der Waals surface area contributed by atoms with Gasteiger partial charge in [0.2, 0.25) is 5.91 Å². The van der Waals surface area contributed by atoms with Gasteiger partial charge in [0.25, 0.3) is 0 Å². The van der Waals surface area contributed by atoms with Crippen molar-refractivity contribution in [2.24, 2.45) is 0 Å². The number of nitrogens with zero attached hydrogens (tertiary/aromatic N) is 1. The van der Waals surface area contributed by atoms with Crippen LogP contribution in [0.25, 0.3) is 0 Å². The van der Waals surface area contributed by atoms with Crippen molar-refractivity contribution in [1.29, 1.82) is 0 Å². The molecule has 0 saturated carbocycles. The summed E-state index contributed by atoms with van der Waals surface area (Å²) >= 11 is 0. The highest BCUT2D eigenvalue weighted by Crippen LogP contribution is 2.10. The van der Waals surface area contributed by atoms with Crippen molar-refractivity contribution in [1.82, 2.24) is 4.90 Å². The topological polar surface area (TPSA) is 32.3 Å². The number of nitrogens with one attached hydrogen (secondary N) is 1. The first-order valence-corrected chi connectivity index (χ1v) is 6.30. The SMILES string of the molecule is CCc1cccc(NC(=O)CN(CC)CC)c1. The number of anilines is 1. The van der Waals surface area contributed by atoms with Crippen LogP contribution in [0.3, 0.4) is 0 Å². The van der Waals surface area contributed by atoms with Crippen LogP contribution < -0.4 is 5.32 Å². The molecule has 0 saturated heterocycles. The van der Waals surface area contributed by atoms with Gasteiger partial charge in [0.1, 0.15) is 0 Å². The average Bonchev–Trinajstić information content (AvgIpc) is 2.36. The zero-order valence-electron chi connectivity index (χ0n) is 11.0. The van der Waals surface area contributed by atoms with Crippen LogP contribution in [0.1, 0.15) is 26.3 Å². The standard InChI is InChI=1S/C14H22N2O/c1-4-12-8-7-9-13(10-12)15-14(17)11-16(5-2)6-3/h7-10H,4-6,11H2,1-3H3,(H,15,17). The predicted octanol–water partition coefficient (Wildman–Crippen LogP) is 2.53. The zero-order chi connectivity index (χ0) is 12.7. The molecular formula is C14H22N2O. The second-order valence-corrected chi connectivity index (χ2v) is 4.06. The highest BCUT2D eigenvalue weighted by Gasteiger charge is 2.07. The maximum Gasteiger partial charge on any atom is 0.238 e. The van der Waals surface area contributed by atoms with E-state index in [4.69, 9.17) is 0 Å². The Morgan fingerprint density at radius 3 is 2.53 bits per heavy atom. The third-order valence-corrected chi connectivity index (χ3v) is 2.88. The van der Waals surface area contributed by atoms with E-state index < -0.39 is 0 Å². The Bertz CT molecular complexity index is 359. The van der Waals surface area contributed by atoms with Crippen LogP contribution in [0.2, 0.25) is 0 Å². The van der Waals surface area contributed by atoms with Crippen LogP contribution >= 0.6 is 0 Å². The van der Waals surface area contributed by atoms with Crippen LogP contribution in [0.5, 0.6) is 0 Å². The van der Waals surface area contributed by atoms with Crippen molar-refractivity contribution in [2.45, 2.75) is 27.2 Å². The number of aryl methyl sites for hydroxylation is 1. The minimum absolute atomic E-state index is 0.0574. The number of amides is 1. The van der Waals surface area contributed by atoms with E-state index in [0.29, 0.717) is 6.54 Å². The van der Waals surface area contributed by atoms with Crippen LogP contribution in [-0.4, -0.2) is 30.4 Å². The van der Waals surface area contributed by atoms with E-state index in [2.05, 4.69) is 37.1 Å². The Morgan fingerprint density at radius 2 is 1.94 bits per heavy atom.